The SMILES string of the molecule is COc1cc(OC(C)(C)C)cc(CCC(=O)c2cccc(OC(C)(C)C)c2OC(C)(C)C)c1OC(C)(C)C. The third kappa shape index (κ3) is 10.1. The van der Waals surface area contributed by atoms with Crippen LogP contribution < -0.4 is 23.7 Å². The van der Waals surface area contributed by atoms with Crippen molar-refractivity contribution in [2.75, 3.05) is 7.11 Å². The van der Waals surface area contributed by atoms with Crippen molar-refractivity contribution in [1.82, 2.24) is 0 Å². The molecular formula is C32H48O6. The van der Waals surface area contributed by atoms with Crippen LogP contribution in [0.25, 0.3) is 0 Å². The predicted molar refractivity (Wildman–Crippen MR) is 154 cm³/mol. The van der Waals surface area contributed by atoms with Crippen molar-refractivity contribution in [2.24, 2.45) is 0 Å². The van der Waals surface area contributed by atoms with Gasteiger partial charge >= 0.3 is 0 Å². The van der Waals surface area contributed by atoms with Gasteiger partial charge in [0.1, 0.15) is 28.2 Å². The third-order valence-electron chi connectivity index (χ3n) is 4.88. The van der Waals surface area contributed by atoms with Gasteiger partial charge in [-0.1, -0.05) is 6.07 Å². The number of aryl methyl sites for hydroxylation is 1. The fourth-order valence-electron chi connectivity index (χ4n) is 3.74. The van der Waals surface area contributed by atoms with E-state index in [0.717, 1.165) is 5.56 Å². The zero-order valence-corrected chi connectivity index (χ0v) is 25.8. The van der Waals surface area contributed by atoms with Crippen LogP contribution in [0.2, 0.25) is 0 Å². The van der Waals surface area contributed by atoms with Crippen molar-refractivity contribution in [1.29, 1.82) is 0 Å². The molecule has 0 aliphatic carbocycles. The highest BCUT2D eigenvalue weighted by Crippen LogP contribution is 2.41. The molecule has 0 saturated heterocycles. The highest BCUT2D eigenvalue weighted by atomic mass is 16.5. The van der Waals surface area contributed by atoms with E-state index < -0.39 is 22.4 Å². The van der Waals surface area contributed by atoms with Crippen LogP contribution in [0.4, 0.5) is 0 Å². The van der Waals surface area contributed by atoms with E-state index in [4.69, 9.17) is 23.7 Å². The lowest BCUT2D eigenvalue weighted by molar-refractivity contribution is 0.0885. The van der Waals surface area contributed by atoms with Gasteiger partial charge in [0.15, 0.2) is 28.8 Å². The lowest BCUT2D eigenvalue weighted by Gasteiger charge is -2.28. The van der Waals surface area contributed by atoms with E-state index in [0.29, 0.717) is 40.7 Å². The van der Waals surface area contributed by atoms with Gasteiger partial charge in [0, 0.05) is 18.1 Å². The third-order valence-corrected chi connectivity index (χ3v) is 4.88. The Hall–Kier alpha value is -2.89. The smallest absolute Gasteiger partial charge is 0.172 e. The van der Waals surface area contributed by atoms with Gasteiger partial charge in [0.05, 0.1) is 12.7 Å². The number of para-hydroxylation sites is 1. The number of methoxy groups -OCH3 is 1. The van der Waals surface area contributed by atoms with Crippen molar-refractivity contribution in [3.8, 4) is 28.7 Å². The Balaban J connectivity index is 2.50. The minimum absolute atomic E-state index is 0.0496. The minimum atomic E-state index is -0.508. The number of carbonyl (C=O) groups excluding carboxylic acids is 1. The van der Waals surface area contributed by atoms with Crippen molar-refractivity contribution >= 4 is 5.78 Å². The summed E-state index contributed by atoms with van der Waals surface area (Å²) in [4.78, 5) is 13.7. The van der Waals surface area contributed by atoms with Gasteiger partial charge in [-0.15, -0.1) is 0 Å². The summed E-state index contributed by atoms with van der Waals surface area (Å²) < 4.78 is 30.6. The van der Waals surface area contributed by atoms with Crippen LogP contribution in [-0.4, -0.2) is 35.3 Å². The number of hydrogen-bond acceptors (Lipinski definition) is 6. The van der Waals surface area contributed by atoms with E-state index >= 15 is 0 Å². The largest absolute Gasteiger partial charge is 0.493 e. The van der Waals surface area contributed by atoms with Gasteiger partial charge in [-0.3, -0.25) is 4.79 Å². The van der Waals surface area contributed by atoms with E-state index in [2.05, 4.69) is 0 Å². The molecule has 0 aliphatic rings. The summed E-state index contributed by atoms with van der Waals surface area (Å²) in [5, 5.41) is 0. The van der Waals surface area contributed by atoms with Gasteiger partial charge in [0.2, 0.25) is 0 Å². The van der Waals surface area contributed by atoms with Gasteiger partial charge in [-0.25, -0.2) is 0 Å². The summed E-state index contributed by atoms with van der Waals surface area (Å²) in [5.74, 6) is 2.82. The lowest BCUT2D eigenvalue weighted by atomic mass is 9.99. The molecule has 0 atom stereocenters. The first-order valence-electron chi connectivity index (χ1n) is 13.3. The number of Topliss-reactive ketones (excluding diaryl/α,β-unsaturated/α-hetero) is 1. The number of benzene rings is 2. The molecule has 0 amide bonds. The molecule has 0 spiro atoms. The van der Waals surface area contributed by atoms with Gasteiger partial charge in [-0.2, -0.15) is 0 Å². The summed E-state index contributed by atoms with van der Waals surface area (Å²) in [5.41, 5.74) is -0.462. The summed E-state index contributed by atoms with van der Waals surface area (Å²) in [6, 6.07) is 9.24. The average molecular weight is 529 g/mol. The second kappa shape index (κ2) is 11.5. The van der Waals surface area contributed by atoms with Crippen LogP contribution >= 0.6 is 0 Å². The predicted octanol–water partition coefficient (Wildman–Crippen LogP) is 8.22. The molecule has 6 nitrogen and oxygen atoms in total. The Morgan fingerprint density at radius 2 is 1.18 bits per heavy atom. The Morgan fingerprint density at radius 3 is 1.68 bits per heavy atom. The number of hydrogen-bond donors (Lipinski definition) is 0. The molecule has 0 aliphatic heterocycles. The number of ether oxygens (including phenoxy) is 5. The van der Waals surface area contributed by atoms with Crippen LogP contribution in [0, 0.1) is 0 Å². The molecule has 2 aromatic rings. The van der Waals surface area contributed by atoms with Crippen molar-refractivity contribution in [2.45, 2.75) is 118 Å². The zero-order chi connectivity index (χ0) is 29.1. The molecule has 0 fully saturated rings. The molecule has 212 valence electrons. The monoisotopic (exact) mass is 528 g/mol. The van der Waals surface area contributed by atoms with Crippen molar-refractivity contribution in [3.05, 3.63) is 41.5 Å². The van der Waals surface area contributed by atoms with Crippen molar-refractivity contribution in [3.63, 3.8) is 0 Å². The second-order valence-corrected chi connectivity index (χ2v) is 13.5. The molecule has 2 rings (SSSR count). The quantitative estimate of drug-likeness (QED) is 0.306. The molecule has 0 N–H and O–H groups in total. The topological polar surface area (TPSA) is 63.2 Å². The molecule has 0 unspecified atom stereocenters. The molecule has 0 bridgehead atoms. The van der Waals surface area contributed by atoms with E-state index in [-0.39, 0.29) is 12.2 Å². The molecule has 6 heteroatoms. The summed E-state index contributed by atoms with van der Waals surface area (Å²) in [6.07, 6.45) is 0.670. The highest BCUT2D eigenvalue weighted by molar-refractivity contribution is 5.99. The Bertz CT molecular complexity index is 1100. The maximum Gasteiger partial charge on any atom is 0.172 e. The summed E-state index contributed by atoms with van der Waals surface area (Å²) in [7, 11) is 1.61. The molecule has 38 heavy (non-hydrogen) atoms. The van der Waals surface area contributed by atoms with E-state index in [1.54, 1.807) is 13.2 Å². The Morgan fingerprint density at radius 1 is 0.658 bits per heavy atom. The Kier molecular flexibility index (Phi) is 9.45. The van der Waals surface area contributed by atoms with E-state index in [1.165, 1.54) is 0 Å². The van der Waals surface area contributed by atoms with E-state index in [9.17, 15) is 4.79 Å². The first-order valence-corrected chi connectivity index (χ1v) is 13.3. The fourth-order valence-corrected chi connectivity index (χ4v) is 3.74. The van der Waals surface area contributed by atoms with Crippen molar-refractivity contribution < 1.29 is 28.5 Å². The number of rotatable bonds is 9. The number of carbonyl (C=O) groups is 1. The fraction of sp³-hybridized carbons (Fsp3) is 0.594. The molecule has 0 heterocycles. The summed E-state index contributed by atoms with van der Waals surface area (Å²) >= 11 is 0. The van der Waals surface area contributed by atoms with Gasteiger partial charge in [-0.05, 0) is 108 Å². The molecule has 0 radical (unpaired) electrons. The molecule has 0 saturated carbocycles. The van der Waals surface area contributed by atoms with Gasteiger partial charge < -0.3 is 23.7 Å². The highest BCUT2D eigenvalue weighted by Gasteiger charge is 2.27. The first-order chi connectivity index (χ1) is 17.2. The van der Waals surface area contributed by atoms with Crippen LogP contribution in [0.1, 0.15) is 105 Å². The van der Waals surface area contributed by atoms with Crippen LogP contribution in [0.5, 0.6) is 28.7 Å². The second-order valence-electron chi connectivity index (χ2n) is 13.5. The molecule has 0 aromatic heterocycles. The van der Waals surface area contributed by atoms with Crippen LogP contribution in [-0.2, 0) is 6.42 Å². The molecule has 2 aromatic carbocycles. The lowest BCUT2D eigenvalue weighted by Crippen LogP contribution is -2.27. The minimum Gasteiger partial charge on any atom is -0.493 e. The molecular weight excluding hydrogens is 480 g/mol. The van der Waals surface area contributed by atoms with Crippen LogP contribution in [0.3, 0.4) is 0 Å². The number of ketones is 1. The average Bonchev–Trinajstić information content (AvgIpc) is 2.70. The standard InChI is InChI=1S/C32H48O6/c1-29(2,3)35-22-19-21(27(26(20-22)34-13)37-31(7,8)9)17-18-24(33)23-15-14-16-25(36-30(4,5)6)28(23)38-32(10,11)12/h14-16,19-20H,17-18H2,1-13H3. The van der Waals surface area contributed by atoms with Gasteiger partial charge in [0.25, 0.3) is 0 Å². The maximum absolute atomic E-state index is 13.7. The zero-order valence-electron chi connectivity index (χ0n) is 25.8. The maximum atomic E-state index is 13.7. The first kappa shape index (κ1) is 31.3. The van der Waals surface area contributed by atoms with E-state index in [1.807, 2.05) is 107 Å². The normalized spacial score (nSPS) is 12.7. The Labute approximate surface area is 230 Å². The van der Waals surface area contributed by atoms with Crippen LogP contribution in [0.15, 0.2) is 30.3 Å². The summed E-state index contributed by atoms with van der Waals surface area (Å²) in [6.45, 7) is 23.7.